The number of carbonyl (C=O) groups excluding carboxylic acids is 1. The van der Waals surface area contributed by atoms with Crippen molar-refractivity contribution < 1.29 is 27.4 Å². The van der Waals surface area contributed by atoms with E-state index in [0.29, 0.717) is 22.9 Å². The second-order valence-corrected chi connectivity index (χ2v) is 8.12. The van der Waals surface area contributed by atoms with Gasteiger partial charge in [-0.05, 0) is 30.3 Å². The fraction of sp³-hybridized carbons (Fsp3) is 0.278. The van der Waals surface area contributed by atoms with Crippen molar-refractivity contribution in [2.75, 3.05) is 40.2 Å². The third kappa shape index (κ3) is 4.86. The molecule has 2 aromatic rings. The molecular weight excluding hydrogens is 408 g/mol. The van der Waals surface area contributed by atoms with Gasteiger partial charge in [0, 0.05) is 13.1 Å². The molecule has 1 N–H and O–H groups in total. The van der Waals surface area contributed by atoms with Gasteiger partial charge in [-0.25, -0.2) is 8.42 Å². The van der Waals surface area contributed by atoms with Crippen molar-refractivity contribution in [3.05, 3.63) is 41.4 Å². The lowest BCUT2D eigenvalue weighted by Crippen LogP contribution is -2.35. The number of hydrogen-bond donors (Lipinski definition) is 1. The summed E-state index contributed by atoms with van der Waals surface area (Å²) in [5.74, 6) is 0.771. The molecule has 0 aliphatic carbocycles. The molecule has 0 fully saturated rings. The molecule has 0 spiro atoms. The number of anilines is 1. The van der Waals surface area contributed by atoms with Gasteiger partial charge in [0.05, 0.1) is 43.5 Å². The fourth-order valence-corrected chi connectivity index (χ4v) is 3.84. The Balaban J connectivity index is 2.14. The van der Waals surface area contributed by atoms with E-state index >= 15 is 0 Å². The first kappa shape index (κ1) is 21.8. The van der Waals surface area contributed by atoms with Crippen molar-refractivity contribution in [2.45, 2.75) is 4.90 Å². The number of amides is 1. The lowest BCUT2D eigenvalue weighted by Gasteiger charge is -2.18. The maximum absolute atomic E-state index is 12.7. The maximum Gasteiger partial charge on any atom is 0.243 e. The van der Waals surface area contributed by atoms with Crippen LogP contribution < -0.4 is 19.5 Å². The summed E-state index contributed by atoms with van der Waals surface area (Å²) in [6.45, 7) is -0.402. The predicted octanol–water partition coefficient (Wildman–Crippen LogP) is 2.63. The molecule has 0 heterocycles. The van der Waals surface area contributed by atoms with E-state index in [1.165, 1.54) is 46.6 Å². The van der Waals surface area contributed by atoms with E-state index in [0.717, 1.165) is 4.31 Å². The number of nitrogens with one attached hydrogen (secondary N) is 1. The average molecular weight is 429 g/mol. The molecule has 0 saturated heterocycles. The highest BCUT2D eigenvalue weighted by Crippen LogP contribution is 2.30. The second-order valence-electron chi connectivity index (χ2n) is 5.67. The van der Waals surface area contributed by atoms with Crippen LogP contribution in [0.25, 0.3) is 0 Å². The SMILES string of the molecule is COc1ccc(NC(=O)CN(C)S(=O)(=O)c2ccc(OC)c(Cl)c2)c(OC)c1. The summed E-state index contributed by atoms with van der Waals surface area (Å²) in [7, 11) is 1.78. The van der Waals surface area contributed by atoms with Gasteiger partial charge in [-0.15, -0.1) is 0 Å². The average Bonchev–Trinajstić information content (AvgIpc) is 2.67. The normalized spacial score (nSPS) is 11.2. The van der Waals surface area contributed by atoms with E-state index in [4.69, 9.17) is 25.8 Å². The van der Waals surface area contributed by atoms with Gasteiger partial charge >= 0.3 is 0 Å². The first-order valence-corrected chi connectivity index (χ1v) is 9.86. The van der Waals surface area contributed by atoms with Gasteiger partial charge < -0.3 is 19.5 Å². The van der Waals surface area contributed by atoms with E-state index in [-0.39, 0.29) is 9.92 Å². The highest BCUT2D eigenvalue weighted by atomic mass is 35.5. The van der Waals surface area contributed by atoms with E-state index < -0.39 is 22.5 Å². The number of carbonyl (C=O) groups is 1. The van der Waals surface area contributed by atoms with Crippen molar-refractivity contribution in [2.24, 2.45) is 0 Å². The van der Waals surface area contributed by atoms with Gasteiger partial charge in [0.15, 0.2) is 0 Å². The van der Waals surface area contributed by atoms with Crippen molar-refractivity contribution >= 4 is 33.2 Å². The number of likely N-dealkylation sites (N-methyl/N-ethyl adjacent to an activating group) is 1. The molecule has 0 atom stereocenters. The van der Waals surface area contributed by atoms with Crippen LogP contribution in [-0.2, 0) is 14.8 Å². The van der Waals surface area contributed by atoms with Crippen LogP contribution in [0.5, 0.6) is 17.2 Å². The largest absolute Gasteiger partial charge is 0.497 e. The first-order chi connectivity index (χ1) is 13.2. The van der Waals surface area contributed by atoms with Gasteiger partial charge in [0.1, 0.15) is 17.2 Å². The quantitative estimate of drug-likeness (QED) is 0.694. The summed E-state index contributed by atoms with van der Waals surface area (Å²) in [6, 6.07) is 8.95. The number of methoxy groups -OCH3 is 3. The molecule has 0 aliphatic rings. The lowest BCUT2D eigenvalue weighted by atomic mass is 10.2. The number of halogens is 1. The van der Waals surface area contributed by atoms with Crippen LogP contribution in [0.2, 0.25) is 5.02 Å². The minimum atomic E-state index is -3.92. The van der Waals surface area contributed by atoms with Gasteiger partial charge in [-0.3, -0.25) is 4.79 Å². The summed E-state index contributed by atoms with van der Waals surface area (Å²) in [5.41, 5.74) is 0.395. The van der Waals surface area contributed by atoms with E-state index in [9.17, 15) is 13.2 Å². The van der Waals surface area contributed by atoms with Crippen LogP contribution in [0, 0.1) is 0 Å². The molecule has 0 aliphatic heterocycles. The topological polar surface area (TPSA) is 94.2 Å². The Hall–Kier alpha value is -2.49. The van der Waals surface area contributed by atoms with Crippen LogP contribution in [0.3, 0.4) is 0 Å². The lowest BCUT2D eigenvalue weighted by molar-refractivity contribution is -0.116. The summed E-state index contributed by atoms with van der Waals surface area (Å²) in [5, 5.41) is 2.78. The van der Waals surface area contributed by atoms with E-state index in [1.807, 2.05) is 0 Å². The van der Waals surface area contributed by atoms with Gasteiger partial charge in [0.2, 0.25) is 15.9 Å². The van der Waals surface area contributed by atoms with Gasteiger partial charge in [-0.1, -0.05) is 11.6 Å². The van der Waals surface area contributed by atoms with Crippen LogP contribution in [-0.4, -0.2) is 53.6 Å². The molecule has 152 valence electrons. The van der Waals surface area contributed by atoms with Crippen molar-refractivity contribution in [3.8, 4) is 17.2 Å². The Bertz CT molecular complexity index is 965. The molecule has 0 bridgehead atoms. The first-order valence-electron chi connectivity index (χ1n) is 8.04. The van der Waals surface area contributed by atoms with E-state index in [2.05, 4.69) is 5.32 Å². The third-order valence-electron chi connectivity index (χ3n) is 3.88. The number of hydrogen-bond acceptors (Lipinski definition) is 6. The zero-order chi connectivity index (χ0) is 20.9. The van der Waals surface area contributed by atoms with E-state index in [1.54, 1.807) is 18.2 Å². The molecule has 1 amide bonds. The van der Waals surface area contributed by atoms with Crippen LogP contribution in [0.4, 0.5) is 5.69 Å². The zero-order valence-corrected chi connectivity index (χ0v) is 17.4. The number of benzene rings is 2. The number of sulfonamides is 1. The van der Waals surface area contributed by atoms with Crippen molar-refractivity contribution in [1.29, 1.82) is 0 Å². The summed E-state index contributed by atoms with van der Waals surface area (Å²) < 4.78 is 41.6. The molecule has 2 aromatic carbocycles. The van der Waals surface area contributed by atoms with Crippen LogP contribution in [0.1, 0.15) is 0 Å². The molecule has 0 unspecified atom stereocenters. The monoisotopic (exact) mass is 428 g/mol. The molecule has 0 radical (unpaired) electrons. The Kier molecular flexibility index (Phi) is 7.11. The summed E-state index contributed by atoms with van der Waals surface area (Å²) >= 11 is 6.00. The Morgan fingerprint density at radius 3 is 2.29 bits per heavy atom. The molecule has 10 heteroatoms. The number of rotatable bonds is 8. The summed E-state index contributed by atoms with van der Waals surface area (Å²) in [4.78, 5) is 12.3. The zero-order valence-electron chi connectivity index (χ0n) is 15.9. The molecular formula is C18H21ClN2O6S. The van der Waals surface area contributed by atoms with Gasteiger partial charge in [0.25, 0.3) is 0 Å². The molecule has 28 heavy (non-hydrogen) atoms. The highest BCUT2D eigenvalue weighted by molar-refractivity contribution is 7.89. The Morgan fingerprint density at radius 1 is 1.04 bits per heavy atom. The molecule has 2 rings (SSSR count). The fourth-order valence-electron chi connectivity index (χ4n) is 2.37. The maximum atomic E-state index is 12.7. The molecule has 8 nitrogen and oxygen atoms in total. The van der Waals surface area contributed by atoms with Crippen molar-refractivity contribution in [3.63, 3.8) is 0 Å². The summed E-state index contributed by atoms with van der Waals surface area (Å²) in [6.07, 6.45) is 0. The minimum absolute atomic E-state index is 0.0457. The van der Waals surface area contributed by atoms with Gasteiger partial charge in [-0.2, -0.15) is 4.31 Å². The minimum Gasteiger partial charge on any atom is -0.497 e. The second kappa shape index (κ2) is 9.13. The van der Waals surface area contributed by atoms with Crippen LogP contribution in [0.15, 0.2) is 41.3 Å². The highest BCUT2D eigenvalue weighted by Gasteiger charge is 2.24. The molecule has 0 aromatic heterocycles. The smallest absolute Gasteiger partial charge is 0.243 e. The Morgan fingerprint density at radius 2 is 1.71 bits per heavy atom. The Labute approximate surface area is 169 Å². The molecule has 0 saturated carbocycles. The number of ether oxygens (including phenoxy) is 3. The number of nitrogens with zero attached hydrogens (tertiary/aromatic N) is 1. The van der Waals surface area contributed by atoms with Crippen molar-refractivity contribution in [1.82, 2.24) is 4.31 Å². The standard InChI is InChI=1S/C18H21ClN2O6S/c1-21(28(23,24)13-6-8-16(26-3)14(19)10-13)11-18(22)20-15-7-5-12(25-2)9-17(15)27-4/h5-10H,11H2,1-4H3,(H,20,22). The predicted molar refractivity (Wildman–Crippen MR) is 106 cm³/mol. The van der Waals surface area contributed by atoms with Crippen LogP contribution >= 0.6 is 11.6 Å². The third-order valence-corrected chi connectivity index (χ3v) is 5.98.